The highest BCUT2D eigenvalue weighted by Crippen LogP contribution is 2.32. The number of unbranched alkanes of at least 4 members (excludes halogenated alkanes) is 3. The zero-order chi connectivity index (χ0) is 21.3. The average molecular weight is 434 g/mol. The molecule has 0 unspecified atom stereocenters. The molecule has 0 saturated carbocycles. The number of thioether (sulfide) groups is 1. The van der Waals surface area contributed by atoms with E-state index in [9.17, 15) is 9.59 Å². The van der Waals surface area contributed by atoms with Gasteiger partial charge in [0.15, 0.2) is 10.8 Å². The van der Waals surface area contributed by atoms with E-state index in [1.165, 1.54) is 11.8 Å². The Balaban J connectivity index is 1.48. The van der Waals surface area contributed by atoms with Gasteiger partial charge in [-0.15, -0.1) is 0 Å². The first-order valence-electron chi connectivity index (χ1n) is 10.7. The fourth-order valence-electron chi connectivity index (χ4n) is 3.62. The van der Waals surface area contributed by atoms with Crippen LogP contribution in [0, 0.1) is 0 Å². The second-order valence-electron chi connectivity index (χ2n) is 7.39. The summed E-state index contributed by atoms with van der Waals surface area (Å²) in [5.41, 5.74) is 4.45. The molecule has 8 nitrogen and oxygen atoms in total. The molecule has 2 aromatic rings. The summed E-state index contributed by atoms with van der Waals surface area (Å²) in [4.78, 5) is 23.5. The number of fused-ring (bicyclic) bond motifs is 3. The van der Waals surface area contributed by atoms with E-state index in [0.29, 0.717) is 32.0 Å². The standard InChI is InChI=1S/C21H31N5O3S/c1-3-29-12-11-26-14-17-18(25-26)9-8-16-19(17)23-24-20(16)21(28)22-10-6-4-5-7-13-30-15(2)27/h14H,3-13H2,1-2H3,(H,22,28)(H,23,24). The van der Waals surface area contributed by atoms with E-state index >= 15 is 0 Å². The number of carbonyl (C=O) groups excluding carboxylic acids is 2. The SMILES string of the molecule is CCOCCn1cc2c(n1)CCc1c(C(=O)NCCCCCCSC(C)=O)n[nH]c1-2. The molecule has 0 spiro atoms. The number of nitrogens with zero attached hydrogens (tertiary/aromatic N) is 3. The number of amides is 1. The number of aryl methyl sites for hydroxylation is 1. The van der Waals surface area contributed by atoms with Crippen molar-refractivity contribution >= 4 is 22.8 Å². The number of carbonyl (C=O) groups is 2. The molecule has 0 atom stereocenters. The summed E-state index contributed by atoms with van der Waals surface area (Å²) >= 11 is 1.38. The van der Waals surface area contributed by atoms with E-state index < -0.39 is 0 Å². The Kier molecular flexibility index (Phi) is 8.50. The van der Waals surface area contributed by atoms with Crippen molar-refractivity contribution in [3.63, 3.8) is 0 Å². The monoisotopic (exact) mass is 433 g/mol. The van der Waals surface area contributed by atoms with Crippen LogP contribution in [0.5, 0.6) is 0 Å². The summed E-state index contributed by atoms with van der Waals surface area (Å²) < 4.78 is 7.32. The Hall–Kier alpha value is -2.13. The summed E-state index contributed by atoms with van der Waals surface area (Å²) in [6.07, 6.45) is 7.66. The molecule has 0 bridgehead atoms. The topological polar surface area (TPSA) is 102 Å². The summed E-state index contributed by atoms with van der Waals surface area (Å²) in [6.45, 7) is 6.27. The van der Waals surface area contributed by atoms with Crippen molar-refractivity contribution < 1.29 is 14.3 Å². The van der Waals surface area contributed by atoms with Gasteiger partial charge in [-0.1, -0.05) is 24.6 Å². The maximum absolute atomic E-state index is 12.6. The van der Waals surface area contributed by atoms with Crippen LogP contribution in [-0.2, 0) is 28.9 Å². The van der Waals surface area contributed by atoms with Crippen LogP contribution in [0.4, 0.5) is 0 Å². The highest BCUT2D eigenvalue weighted by molar-refractivity contribution is 8.13. The fourth-order valence-corrected chi connectivity index (χ4v) is 4.25. The molecule has 1 aliphatic rings. The lowest BCUT2D eigenvalue weighted by Gasteiger charge is -2.11. The van der Waals surface area contributed by atoms with E-state index in [1.54, 1.807) is 6.92 Å². The van der Waals surface area contributed by atoms with Gasteiger partial charge in [0.1, 0.15) is 0 Å². The lowest BCUT2D eigenvalue weighted by atomic mass is 9.94. The first kappa shape index (κ1) is 22.6. The van der Waals surface area contributed by atoms with Gasteiger partial charge in [-0.2, -0.15) is 10.2 Å². The van der Waals surface area contributed by atoms with E-state index in [4.69, 9.17) is 4.74 Å². The van der Waals surface area contributed by atoms with E-state index in [0.717, 1.165) is 66.8 Å². The molecule has 3 rings (SSSR count). The highest BCUT2D eigenvalue weighted by Gasteiger charge is 2.27. The quantitative estimate of drug-likeness (QED) is 0.499. The predicted molar refractivity (Wildman–Crippen MR) is 118 cm³/mol. The molecule has 0 radical (unpaired) electrons. The molecule has 2 N–H and O–H groups in total. The van der Waals surface area contributed by atoms with Crippen LogP contribution in [0.3, 0.4) is 0 Å². The third-order valence-electron chi connectivity index (χ3n) is 5.13. The number of hydrogen-bond donors (Lipinski definition) is 2. The van der Waals surface area contributed by atoms with E-state index in [-0.39, 0.29) is 11.0 Å². The van der Waals surface area contributed by atoms with Gasteiger partial charge in [0, 0.05) is 43.2 Å². The summed E-state index contributed by atoms with van der Waals surface area (Å²) in [5, 5.41) is 15.2. The summed E-state index contributed by atoms with van der Waals surface area (Å²) in [7, 11) is 0. The predicted octanol–water partition coefficient (Wildman–Crippen LogP) is 2.98. The lowest BCUT2D eigenvalue weighted by Crippen LogP contribution is -2.26. The van der Waals surface area contributed by atoms with Gasteiger partial charge in [0.25, 0.3) is 5.91 Å². The first-order chi connectivity index (χ1) is 14.6. The number of rotatable bonds is 12. The molecule has 164 valence electrons. The van der Waals surface area contributed by atoms with Crippen molar-refractivity contribution in [2.24, 2.45) is 0 Å². The van der Waals surface area contributed by atoms with Crippen LogP contribution in [0.25, 0.3) is 11.3 Å². The fraction of sp³-hybridized carbons (Fsp3) is 0.619. The van der Waals surface area contributed by atoms with Crippen molar-refractivity contribution in [3.05, 3.63) is 23.1 Å². The van der Waals surface area contributed by atoms with Gasteiger partial charge in [0.2, 0.25) is 0 Å². The molecule has 2 aromatic heterocycles. The minimum atomic E-state index is -0.119. The number of ether oxygens (including phenoxy) is 1. The van der Waals surface area contributed by atoms with Crippen molar-refractivity contribution in [2.45, 2.75) is 58.9 Å². The van der Waals surface area contributed by atoms with Gasteiger partial charge < -0.3 is 10.1 Å². The van der Waals surface area contributed by atoms with Crippen molar-refractivity contribution in [1.29, 1.82) is 0 Å². The number of aromatic nitrogens is 4. The molecule has 1 aliphatic carbocycles. The lowest BCUT2D eigenvalue weighted by molar-refractivity contribution is -0.109. The minimum Gasteiger partial charge on any atom is -0.380 e. The Morgan fingerprint density at radius 1 is 1.27 bits per heavy atom. The van der Waals surface area contributed by atoms with Crippen LogP contribution >= 0.6 is 11.8 Å². The van der Waals surface area contributed by atoms with Gasteiger partial charge >= 0.3 is 0 Å². The minimum absolute atomic E-state index is 0.119. The van der Waals surface area contributed by atoms with Gasteiger partial charge in [-0.05, 0) is 32.6 Å². The normalized spacial score (nSPS) is 12.5. The molecule has 9 heteroatoms. The molecule has 0 aromatic carbocycles. The second-order valence-corrected chi connectivity index (χ2v) is 8.66. The Labute approximate surface area is 181 Å². The second kappa shape index (κ2) is 11.3. The van der Waals surface area contributed by atoms with Gasteiger partial charge in [-0.3, -0.25) is 19.4 Å². The smallest absolute Gasteiger partial charge is 0.272 e. The van der Waals surface area contributed by atoms with Crippen molar-refractivity contribution in [3.8, 4) is 11.3 Å². The highest BCUT2D eigenvalue weighted by atomic mass is 32.2. The number of nitrogens with one attached hydrogen (secondary N) is 2. The van der Waals surface area contributed by atoms with Crippen LogP contribution in [0.15, 0.2) is 6.20 Å². The van der Waals surface area contributed by atoms with E-state index in [2.05, 4.69) is 20.6 Å². The van der Waals surface area contributed by atoms with Crippen molar-refractivity contribution in [1.82, 2.24) is 25.3 Å². The van der Waals surface area contributed by atoms with Crippen LogP contribution in [0.2, 0.25) is 0 Å². The zero-order valence-corrected chi connectivity index (χ0v) is 18.6. The largest absolute Gasteiger partial charge is 0.380 e. The number of hydrogen-bond acceptors (Lipinski definition) is 6. The Morgan fingerprint density at radius 3 is 2.90 bits per heavy atom. The molecule has 2 heterocycles. The molecule has 30 heavy (non-hydrogen) atoms. The summed E-state index contributed by atoms with van der Waals surface area (Å²) in [5.74, 6) is 0.762. The first-order valence-corrected chi connectivity index (χ1v) is 11.7. The molecule has 1 amide bonds. The number of H-pyrrole nitrogens is 1. The van der Waals surface area contributed by atoms with Gasteiger partial charge in [-0.25, -0.2) is 0 Å². The van der Waals surface area contributed by atoms with Crippen LogP contribution < -0.4 is 5.32 Å². The van der Waals surface area contributed by atoms with Crippen molar-refractivity contribution in [2.75, 3.05) is 25.5 Å². The van der Waals surface area contributed by atoms with Gasteiger partial charge in [0.05, 0.1) is 24.5 Å². The average Bonchev–Trinajstić information content (AvgIpc) is 3.33. The van der Waals surface area contributed by atoms with Crippen LogP contribution in [0.1, 0.15) is 61.3 Å². The van der Waals surface area contributed by atoms with E-state index in [1.807, 2.05) is 17.8 Å². The molecule has 0 fully saturated rings. The molecule has 0 aliphatic heterocycles. The summed E-state index contributed by atoms with van der Waals surface area (Å²) in [6, 6.07) is 0. The van der Waals surface area contributed by atoms with Crippen LogP contribution in [-0.4, -0.2) is 56.5 Å². The Morgan fingerprint density at radius 2 is 2.10 bits per heavy atom. The molecular weight excluding hydrogens is 402 g/mol. The third-order valence-corrected chi connectivity index (χ3v) is 6.03. The zero-order valence-electron chi connectivity index (χ0n) is 17.8. The third kappa shape index (κ3) is 5.95. The number of aromatic amines is 1. The molecule has 0 saturated heterocycles. The Bertz CT molecular complexity index is 861. The maximum atomic E-state index is 12.6. The molecular formula is C21H31N5O3S. The maximum Gasteiger partial charge on any atom is 0.272 e.